The Balaban J connectivity index is 3.03. The van der Waals surface area contributed by atoms with Gasteiger partial charge >= 0.3 is 0 Å². The minimum Gasteiger partial charge on any atom is -0.504 e. The van der Waals surface area contributed by atoms with Gasteiger partial charge in [0.2, 0.25) is 0 Å². The lowest BCUT2D eigenvalue weighted by molar-refractivity contribution is 0.456. The number of nitrogens with zero attached hydrogens (tertiary/aromatic N) is 2. The number of aromatic nitrogens is 2. The van der Waals surface area contributed by atoms with E-state index >= 15 is 0 Å². The van der Waals surface area contributed by atoms with Crippen LogP contribution in [0.3, 0.4) is 0 Å². The topological polar surface area (TPSA) is 46.0 Å². The van der Waals surface area contributed by atoms with Crippen LogP contribution >= 0.6 is 0 Å². The van der Waals surface area contributed by atoms with E-state index in [0.29, 0.717) is 5.69 Å². The van der Waals surface area contributed by atoms with E-state index in [1.807, 2.05) is 13.8 Å². The summed E-state index contributed by atoms with van der Waals surface area (Å²) in [5.74, 6) is 0.369. The monoisotopic (exact) mass is 137 g/mol. The van der Waals surface area contributed by atoms with Gasteiger partial charge in [-0.3, -0.25) is 0 Å². The van der Waals surface area contributed by atoms with Crippen molar-refractivity contribution in [2.24, 2.45) is 0 Å². The second-order valence-corrected chi connectivity index (χ2v) is 2.40. The highest BCUT2D eigenvalue weighted by Gasteiger charge is 2.05. The maximum Gasteiger partial charge on any atom is 0.198 e. The van der Waals surface area contributed by atoms with Gasteiger partial charge in [0.05, 0.1) is 11.9 Å². The van der Waals surface area contributed by atoms with Crippen molar-refractivity contribution in [1.82, 2.24) is 9.97 Å². The Hall–Kier alpha value is -1.12. The molecular formula is C7H9N2O. The predicted molar refractivity (Wildman–Crippen MR) is 36.6 cm³/mol. The van der Waals surface area contributed by atoms with Crippen molar-refractivity contribution < 1.29 is 5.11 Å². The molecule has 3 nitrogen and oxygen atoms in total. The van der Waals surface area contributed by atoms with Crippen molar-refractivity contribution in [3.05, 3.63) is 18.2 Å². The maximum absolute atomic E-state index is 9.14. The molecule has 3 heteroatoms. The molecule has 0 bridgehead atoms. The first kappa shape index (κ1) is 6.99. The molecular weight excluding hydrogens is 128 g/mol. The van der Waals surface area contributed by atoms with Crippen molar-refractivity contribution >= 4 is 0 Å². The van der Waals surface area contributed by atoms with Crippen molar-refractivity contribution in [2.45, 2.75) is 19.8 Å². The molecule has 10 heavy (non-hydrogen) atoms. The molecule has 0 saturated heterocycles. The normalized spacial score (nSPS) is 10.3. The highest BCUT2D eigenvalue weighted by atomic mass is 16.3. The SMILES string of the molecule is CC(C)c1n[c]ncc1O. The predicted octanol–water partition coefficient (Wildman–Crippen LogP) is 1.11. The zero-order valence-corrected chi connectivity index (χ0v) is 6.00. The fourth-order valence-corrected chi connectivity index (χ4v) is 0.721. The highest BCUT2D eigenvalue weighted by molar-refractivity contribution is 5.23. The van der Waals surface area contributed by atoms with Crippen LogP contribution < -0.4 is 0 Å². The van der Waals surface area contributed by atoms with Gasteiger partial charge in [-0.25, -0.2) is 9.97 Å². The molecule has 0 aromatic carbocycles. The van der Waals surface area contributed by atoms with Crippen LogP contribution in [0.25, 0.3) is 0 Å². The van der Waals surface area contributed by atoms with E-state index in [1.165, 1.54) is 6.20 Å². The molecule has 1 aromatic heterocycles. The summed E-state index contributed by atoms with van der Waals surface area (Å²) in [7, 11) is 0. The molecule has 1 N–H and O–H groups in total. The molecule has 53 valence electrons. The smallest absolute Gasteiger partial charge is 0.198 e. The van der Waals surface area contributed by atoms with E-state index in [9.17, 15) is 0 Å². The molecule has 1 heterocycles. The molecule has 0 aliphatic carbocycles. The first-order valence-electron chi connectivity index (χ1n) is 3.13. The van der Waals surface area contributed by atoms with Crippen molar-refractivity contribution in [2.75, 3.05) is 0 Å². The number of hydrogen-bond donors (Lipinski definition) is 1. The van der Waals surface area contributed by atoms with E-state index in [0.717, 1.165) is 0 Å². The summed E-state index contributed by atoms with van der Waals surface area (Å²) in [6.07, 6.45) is 3.77. The summed E-state index contributed by atoms with van der Waals surface area (Å²) in [4.78, 5) is 7.33. The summed E-state index contributed by atoms with van der Waals surface area (Å²) < 4.78 is 0. The standard InChI is InChI=1S/C7H9N2O/c1-5(2)7-6(10)3-8-4-9-7/h3,5,10H,1-2H3. The van der Waals surface area contributed by atoms with Crippen LogP contribution in [0, 0.1) is 6.33 Å². The minimum absolute atomic E-state index is 0.147. The third kappa shape index (κ3) is 1.23. The Morgan fingerprint density at radius 2 is 2.30 bits per heavy atom. The zero-order chi connectivity index (χ0) is 7.56. The van der Waals surface area contributed by atoms with E-state index in [4.69, 9.17) is 5.11 Å². The first-order valence-corrected chi connectivity index (χ1v) is 3.13. The number of aromatic hydroxyl groups is 1. The van der Waals surface area contributed by atoms with Crippen LogP contribution in [-0.4, -0.2) is 15.1 Å². The molecule has 0 aliphatic rings. The number of hydrogen-bond acceptors (Lipinski definition) is 3. The Labute approximate surface area is 59.8 Å². The second-order valence-electron chi connectivity index (χ2n) is 2.40. The third-order valence-electron chi connectivity index (χ3n) is 1.22. The molecule has 0 saturated carbocycles. The Morgan fingerprint density at radius 1 is 1.60 bits per heavy atom. The van der Waals surface area contributed by atoms with Crippen LogP contribution in [-0.2, 0) is 0 Å². The van der Waals surface area contributed by atoms with Crippen LogP contribution in [0.1, 0.15) is 25.5 Å². The molecule has 0 fully saturated rings. The van der Waals surface area contributed by atoms with E-state index < -0.39 is 0 Å². The van der Waals surface area contributed by atoms with Crippen molar-refractivity contribution in [3.8, 4) is 5.75 Å². The second kappa shape index (κ2) is 2.64. The first-order chi connectivity index (χ1) is 4.72. The molecule has 1 rings (SSSR count). The lowest BCUT2D eigenvalue weighted by Gasteiger charge is -2.03. The van der Waals surface area contributed by atoms with Gasteiger partial charge in [0.15, 0.2) is 12.1 Å². The molecule has 0 spiro atoms. The summed E-state index contributed by atoms with van der Waals surface area (Å²) in [5.41, 5.74) is 0.648. The molecule has 0 atom stereocenters. The van der Waals surface area contributed by atoms with Gasteiger partial charge < -0.3 is 5.11 Å². The largest absolute Gasteiger partial charge is 0.504 e. The summed E-state index contributed by atoms with van der Waals surface area (Å²) in [6, 6.07) is 0. The highest BCUT2D eigenvalue weighted by Crippen LogP contribution is 2.19. The molecule has 0 amide bonds. The van der Waals surface area contributed by atoms with Gasteiger partial charge in [0, 0.05) is 0 Å². The van der Waals surface area contributed by atoms with Gasteiger partial charge in [-0.2, -0.15) is 0 Å². The molecule has 1 radical (unpaired) electrons. The summed E-state index contributed by atoms with van der Waals surface area (Å²) in [6.45, 7) is 3.91. The minimum atomic E-state index is 0.147. The van der Waals surface area contributed by atoms with Crippen LogP contribution in [0.5, 0.6) is 5.75 Å². The van der Waals surface area contributed by atoms with Gasteiger partial charge in [-0.15, -0.1) is 0 Å². The Bertz CT molecular complexity index is 223. The van der Waals surface area contributed by atoms with Crippen molar-refractivity contribution in [3.63, 3.8) is 0 Å². The number of rotatable bonds is 1. The van der Waals surface area contributed by atoms with Crippen LogP contribution in [0.2, 0.25) is 0 Å². The molecule has 0 unspecified atom stereocenters. The fraction of sp³-hybridized carbons (Fsp3) is 0.429. The van der Waals surface area contributed by atoms with Crippen molar-refractivity contribution in [1.29, 1.82) is 0 Å². The average Bonchev–Trinajstić information content (AvgIpc) is 1.88. The van der Waals surface area contributed by atoms with Gasteiger partial charge in [-0.05, 0) is 5.92 Å². The molecule has 1 aromatic rings. The van der Waals surface area contributed by atoms with E-state index in [2.05, 4.69) is 16.3 Å². The van der Waals surface area contributed by atoms with E-state index in [1.54, 1.807) is 0 Å². The van der Waals surface area contributed by atoms with Crippen LogP contribution in [0.15, 0.2) is 6.20 Å². The summed E-state index contributed by atoms with van der Waals surface area (Å²) in [5, 5.41) is 9.14. The van der Waals surface area contributed by atoms with Crippen LogP contribution in [0.4, 0.5) is 0 Å². The quantitative estimate of drug-likeness (QED) is 0.630. The lowest BCUT2D eigenvalue weighted by atomic mass is 10.1. The summed E-state index contributed by atoms with van der Waals surface area (Å²) >= 11 is 0. The lowest BCUT2D eigenvalue weighted by Crippen LogP contribution is -1.93. The van der Waals surface area contributed by atoms with Gasteiger partial charge in [0.25, 0.3) is 0 Å². The zero-order valence-electron chi connectivity index (χ0n) is 6.00. The van der Waals surface area contributed by atoms with E-state index in [-0.39, 0.29) is 11.7 Å². The average molecular weight is 137 g/mol. The van der Waals surface area contributed by atoms with Gasteiger partial charge in [0.1, 0.15) is 0 Å². The third-order valence-corrected chi connectivity index (χ3v) is 1.22. The Kier molecular flexibility index (Phi) is 1.85. The van der Waals surface area contributed by atoms with Gasteiger partial charge in [-0.1, -0.05) is 13.8 Å². The molecule has 0 aliphatic heterocycles. The fourth-order valence-electron chi connectivity index (χ4n) is 0.721. The maximum atomic E-state index is 9.14. The Morgan fingerprint density at radius 3 is 2.70 bits per heavy atom.